The summed E-state index contributed by atoms with van der Waals surface area (Å²) in [5.74, 6) is 1.79. The molecule has 0 aliphatic carbocycles. The van der Waals surface area contributed by atoms with Crippen molar-refractivity contribution in [1.82, 2.24) is 19.9 Å². The average Bonchev–Trinajstić information content (AvgIpc) is 3.13. The third-order valence-corrected chi connectivity index (χ3v) is 4.94. The molecule has 1 amide bonds. The Balaban J connectivity index is 1.46. The van der Waals surface area contributed by atoms with E-state index in [2.05, 4.69) is 19.9 Å². The van der Waals surface area contributed by atoms with Gasteiger partial charge in [-0.05, 0) is 13.0 Å². The second-order valence-corrected chi connectivity index (χ2v) is 6.59. The number of aryl methyl sites for hydroxylation is 1. The van der Waals surface area contributed by atoms with E-state index in [9.17, 15) is 9.59 Å². The monoisotopic (exact) mass is 325 g/mol. The lowest BCUT2D eigenvalue weighted by molar-refractivity contribution is 0.0776. The summed E-state index contributed by atoms with van der Waals surface area (Å²) in [7, 11) is 0. The maximum Gasteiger partial charge on any atom is 0.270 e. The first kappa shape index (κ1) is 14.9. The number of carbonyl (C=O) groups excluding carboxylic acids is 1. The minimum atomic E-state index is -0.245. The van der Waals surface area contributed by atoms with Crippen LogP contribution >= 0.6 is 0 Å². The van der Waals surface area contributed by atoms with E-state index >= 15 is 0 Å². The molecule has 1 N–H and O–H groups in total. The van der Waals surface area contributed by atoms with Gasteiger partial charge < -0.3 is 14.8 Å². The van der Waals surface area contributed by atoms with Gasteiger partial charge >= 0.3 is 0 Å². The molecule has 2 saturated heterocycles. The summed E-state index contributed by atoms with van der Waals surface area (Å²) >= 11 is 0. The van der Waals surface area contributed by atoms with Crippen LogP contribution in [0, 0.1) is 18.8 Å². The number of fused-ring (bicyclic) bond motifs is 1. The zero-order valence-corrected chi connectivity index (χ0v) is 13.5. The number of hydrogen-bond donors (Lipinski definition) is 1. The number of rotatable bonds is 2. The Morgan fingerprint density at radius 1 is 1.21 bits per heavy atom. The van der Waals surface area contributed by atoms with Crippen molar-refractivity contribution in [2.24, 2.45) is 11.8 Å². The Morgan fingerprint density at radius 3 is 2.62 bits per heavy atom. The van der Waals surface area contributed by atoms with Gasteiger partial charge in [-0.25, -0.2) is 9.97 Å². The number of nitrogens with one attached hydrogen (secondary N) is 1. The highest BCUT2D eigenvalue weighted by Gasteiger charge is 2.42. The number of pyridine rings is 1. The zero-order valence-electron chi connectivity index (χ0n) is 13.5. The van der Waals surface area contributed by atoms with Crippen LogP contribution < -0.4 is 10.5 Å². The topological polar surface area (TPSA) is 82.2 Å². The zero-order chi connectivity index (χ0) is 16.7. The standard InChI is InChI=1S/C17H19N5O2/c1-11-5-18-10-19-16(11)21-6-12-8-22(9-13(12)7-21)17(24)14-3-2-4-15(23)20-14/h2-5,10,12-13H,6-9H2,1H3,(H,20,23). The number of aromatic nitrogens is 3. The molecular weight excluding hydrogens is 306 g/mol. The van der Waals surface area contributed by atoms with Crippen LogP contribution in [0.1, 0.15) is 16.1 Å². The van der Waals surface area contributed by atoms with Crippen LogP contribution in [0.4, 0.5) is 5.82 Å². The number of anilines is 1. The first-order valence-corrected chi connectivity index (χ1v) is 8.12. The Bertz CT molecular complexity index is 819. The summed E-state index contributed by atoms with van der Waals surface area (Å²) in [4.78, 5) is 39.1. The SMILES string of the molecule is Cc1cncnc1N1CC2CN(C(=O)c3cccc(=O)[nH]3)CC2C1. The lowest BCUT2D eigenvalue weighted by atomic mass is 10.0. The van der Waals surface area contributed by atoms with Gasteiger partial charge in [0.1, 0.15) is 17.8 Å². The molecule has 7 heteroatoms. The van der Waals surface area contributed by atoms with Crippen LogP contribution in [-0.4, -0.2) is 51.9 Å². The van der Waals surface area contributed by atoms with Gasteiger partial charge in [-0.1, -0.05) is 6.07 Å². The normalized spacial score (nSPS) is 22.7. The Morgan fingerprint density at radius 2 is 1.96 bits per heavy atom. The smallest absolute Gasteiger partial charge is 0.270 e. The number of nitrogens with zero attached hydrogens (tertiary/aromatic N) is 4. The fraction of sp³-hybridized carbons (Fsp3) is 0.412. The van der Waals surface area contributed by atoms with E-state index in [-0.39, 0.29) is 11.5 Å². The quantitative estimate of drug-likeness (QED) is 0.878. The Kier molecular flexibility index (Phi) is 3.55. The molecule has 2 aliphatic heterocycles. The van der Waals surface area contributed by atoms with Crippen LogP contribution in [0.3, 0.4) is 0 Å². The summed E-state index contributed by atoms with van der Waals surface area (Å²) in [6.45, 7) is 5.27. The van der Waals surface area contributed by atoms with Gasteiger partial charge in [0.25, 0.3) is 5.91 Å². The summed E-state index contributed by atoms with van der Waals surface area (Å²) in [5.41, 5.74) is 1.20. The third kappa shape index (κ3) is 2.55. The van der Waals surface area contributed by atoms with Crippen LogP contribution in [0.2, 0.25) is 0 Å². The molecule has 0 saturated carbocycles. The van der Waals surface area contributed by atoms with Crippen molar-refractivity contribution in [3.05, 3.63) is 52.3 Å². The van der Waals surface area contributed by atoms with Gasteiger partial charge in [-0.3, -0.25) is 9.59 Å². The fourth-order valence-electron chi connectivity index (χ4n) is 3.80. The molecule has 2 atom stereocenters. The molecule has 0 spiro atoms. The van der Waals surface area contributed by atoms with Crippen LogP contribution in [0.15, 0.2) is 35.5 Å². The van der Waals surface area contributed by atoms with E-state index in [4.69, 9.17) is 0 Å². The highest BCUT2D eigenvalue weighted by molar-refractivity contribution is 5.92. The van der Waals surface area contributed by atoms with E-state index in [0.29, 0.717) is 17.5 Å². The molecule has 0 radical (unpaired) electrons. The fourth-order valence-corrected chi connectivity index (χ4v) is 3.80. The van der Waals surface area contributed by atoms with Crippen molar-refractivity contribution in [2.75, 3.05) is 31.1 Å². The maximum absolute atomic E-state index is 12.6. The molecular formula is C17H19N5O2. The van der Waals surface area contributed by atoms with Crippen molar-refractivity contribution in [2.45, 2.75) is 6.92 Å². The summed E-state index contributed by atoms with van der Waals surface area (Å²) < 4.78 is 0. The largest absolute Gasteiger partial charge is 0.356 e. The number of hydrogen-bond acceptors (Lipinski definition) is 5. The Labute approximate surface area is 139 Å². The first-order valence-electron chi connectivity index (χ1n) is 8.12. The molecule has 2 aromatic heterocycles. The molecule has 24 heavy (non-hydrogen) atoms. The van der Waals surface area contributed by atoms with Gasteiger partial charge in [0.05, 0.1) is 0 Å². The predicted molar refractivity (Wildman–Crippen MR) is 88.9 cm³/mol. The minimum Gasteiger partial charge on any atom is -0.356 e. The molecule has 7 nitrogen and oxygen atoms in total. The second kappa shape index (κ2) is 5.74. The molecule has 4 heterocycles. The number of likely N-dealkylation sites (tertiary alicyclic amines) is 1. The lowest BCUT2D eigenvalue weighted by Gasteiger charge is -2.23. The van der Waals surface area contributed by atoms with Crippen molar-refractivity contribution in [3.63, 3.8) is 0 Å². The number of amides is 1. The van der Waals surface area contributed by atoms with E-state index in [0.717, 1.165) is 37.6 Å². The summed E-state index contributed by atoms with van der Waals surface area (Å²) in [5, 5.41) is 0. The Hall–Kier alpha value is -2.70. The highest BCUT2D eigenvalue weighted by atomic mass is 16.2. The number of aromatic amines is 1. The van der Waals surface area contributed by atoms with Gasteiger partial charge in [0.15, 0.2) is 0 Å². The molecule has 4 rings (SSSR count). The summed E-state index contributed by atoms with van der Waals surface area (Å²) in [6, 6.07) is 4.69. The second-order valence-electron chi connectivity index (χ2n) is 6.59. The molecule has 2 fully saturated rings. The maximum atomic E-state index is 12.6. The summed E-state index contributed by atoms with van der Waals surface area (Å²) in [6.07, 6.45) is 3.41. The van der Waals surface area contributed by atoms with Gasteiger partial charge in [0.2, 0.25) is 5.56 Å². The molecule has 124 valence electrons. The van der Waals surface area contributed by atoms with Crippen molar-refractivity contribution in [3.8, 4) is 0 Å². The molecule has 2 unspecified atom stereocenters. The van der Waals surface area contributed by atoms with E-state index < -0.39 is 0 Å². The minimum absolute atomic E-state index is 0.0909. The lowest BCUT2D eigenvalue weighted by Crippen LogP contribution is -2.34. The van der Waals surface area contributed by atoms with Gasteiger partial charge in [-0.15, -0.1) is 0 Å². The van der Waals surface area contributed by atoms with E-state index in [1.54, 1.807) is 18.5 Å². The molecule has 2 aromatic rings. The first-order chi connectivity index (χ1) is 11.6. The van der Waals surface area contributed by atoms with Gasteiger partial charge in [0, 0.05) is 55.8 Å². The van der Waals surface area contributed by atoms with Crippen LogP contribution in [-0.2, 0) is 0 Å². The van der Waals surface area contributed by atoms with Crippen molar-refractivity contribution < 1.29 is 4.79 Å². The average molecular weight is 325 g/mol. The number of H-pyrrole nitrogens is 1. The highest BCUT2D eigenvalue weighted by Crippen LogP contribution is 2.34. The van der Waals surface area contributed by atoms with E-state index in [1.807, 2.05) is 18.0 Å². The number of carbonyl (C=O) groups is 1. The molecule has 0 aromatic carbocycles. The molecule has 2 aliphatic rings. The van der Waals surface area contributed by atoms with Crippen molar-refractivity contribution >= 4 is 11.7 Å². The van der Waals surface area contributed by atoms with Crippen LogP contribution in [0.5, 0.6) is 0 Å². The van der Waals surface area contributed by atoms with Crippen LogP contribution in [0.25, 0.3) is 0 Å². The van der Waals surface area contributed by atoms with E-state index in [1.165, 1.54) is 6.07 Å². The predicted octanol–water partition coefficient (Wildman–Crippen LogP) is 0.682. The third-order valence-electron chi connectivity index (χ3n) is 4.94. The molecule has 0 bridgehead atoms. The van der Waals surface area contributed by atoms with Crippen molar-refractivity contribution in [1.29, 1.82) is 0 Å². The van der Waals surface area contributed by atoms with Gasteiger partial charge in [-0.2, -0.15) is 0 Å².